The maximum atomic E-state index is 12.6. The van der Waals surface area contributed by atoms with Crippen LogP contribution in [0.25, 0.3) is 22.3 Å². The zero-order valence-electron chi connectivity index (χ0n) is 29.2. The van der Waals surface area contributed by atoms with Crippen LogP contribution >= 0.6 is 0 Å². The van der Waals surface area contributed by atoms with Crippen LogP contribution in [0.2, 0.25) is 0 Å². The van der Waals surface area contributed by atoms with Crippen LogP contribution < -0.4 is 9.47 Å². The summed E-state index contributed by atoms with van der Waals surface area (Å²) in [5, 5.41) is 0. The van der Waals surface area contributed by atoms with Crippen molar-refractivity contribution in [2.24, 2.45) is 5.92 Å². The maximum absolute atomic E-state index is 12.6. The van der Waals surface area contributed by atoms with Gasteiger partial charge < -0.3 is 28.4 Å². The van der Waals surface area contributed by atoms with Gasteiger partial charge in [0.25, 0.3) is 0 Å². The molecule has 0 amide bonds. The quantitative estimate of drug-likeness (QED) is 0.0807. The Balaban J connectivity index is 1.49. The smallest absolute Gasteiger partial charge is 0.341 e. The minimum atomic E-state index is -0.528. The van der Waals surface area contributed by atoms with E-state index in [2.05, 4.69) is 44.0 Å². The first kappa shape index (κ1) is 38.0. The van der Waals surface area contributed by atoms with Gasteiger partial charge in [0.1, 0.15) is 11.5 Å². The molecule has 0 atom stereocenters. The SMILES string of the molecule is C=C(COC)C(=O)OCCC1CCC(c2cc(OC(=O)C(=C)COC)ccc2-c2ccc(-c3ccc(OC(=O)C(=C)COC)cc3)cc2)CC1. The van der Waals surface area contributed by atoms with Crippen molar-refractivity contribution >= 4 is 17.9 Å². The summed E-state index contributed by atoms with van der Waals surface area (Å²) in [6, 6.07) is 21.4. The van der Waals surface area contributed by atoms with Gasteiger partial charge in [0.05, 0.1) is 43.1 Å². The fourth-order valence-electron chi connectivity index (χ4n) is 6.00. The van der Waals surface area contributed by atoms with Crippen LogP contribution in [0, 0.1) is 5.92 Å². The molecule has 0 unspecified atom stereocenters. The van der Waals surface area contributed by atoms with Gasteiger partial charge in [0.15, 0.2) is 0 Å². The fourth-order valence-corrected chi connectivity index (χ4v) is 6.00. The van der Waals surface area contributed by atoms with Gasteiger partial charge in [-0.05, 0) is 96.0 Å². The summed E-state index contributed by atoms with van der Waals surface area (Å²) in [7, 11) is 4.51. The summed E-state index contributed by atoms with van der Waals surface area (Å²) in [5.41, 5.74) is 5.99. The van der Waals surface area contributed by atoms with E-state index in [1.54, 1.807) is 12.1 Å². The Morgan fingerprint density at radius 2 is 1.06 bits per heavy atom. The maximum Gasteiger partial charge on any atom is 0.341 e. The summed E-state index contributed by atoms with van der Waals surface area (Å²) in [6.07, 6.45) is 4.66. The molecule has 0 spiro atoms. The molecule has 1 saturated carbocycles. The predicted octanol–water partition coefficient (Wildman–Crippen LogP) is 7.65. The third kappa shape index (κ3) is 10.6. The molecule has 9 nitrogen and oxygen atoms in total. The summed E-state index contributed by atoms with van der Waals surface area (Å²) in [6.45, 7) is 11.9. The second-order valence-corrected chi connectivity index (χ2v) is 12.4. The molecule has 50 heavy (non-hydrogen) atoms. The second-order valence-electron chi connectivity index (χ2n) is 12.4. The van der Waals surface area contributed by atoms with Gasteiger partial charge in [0.2, 0.25) is 0 Å². The lowest BCUT2D eigenvalue weighted by Crippen LogP contribution is -2.18. The Labute approximate surface area is 294 Å². The zero-order chi connectivity index (χ0) is 36.0. The normalized spacial score (nSPS) is 15.5. The number of carbonyl (C=O) groups excluding carboxylic acids is 3. The lowest BCUT2D eigenvalue weighted by atomic mass is 9.76. The molecule has 0 heterocycles. The van der Waals surface area contributed by atoms with Gasteiger partial charge in [-0.1, -0.05) is 62.2 Å². The number of hydrogen-bond donors (Lipinski definition) is 0. The first-order valence-corrected chi connectivity index (χ1v) is 16.6. The summed E-state index contributed by atoms with van der Waals surface area (Å²) < 4.78 is 31.5. The third-order valence-corrected chi connectivity index (χ3v) is 8.70. The average molecular weight is 683 g/mol. The summed E-state index contributed by atoms with van der Waals surface area (Å²) in [4.78, 5) is 36.9. The van der Waals surface area contributed by atoms with Crippen LogP contribution in [0.3, 0.4) is 0 Å². The number of carbonyl (C=O) groups is 3. The fraction of sp³-hybridized carbons (Fsp3) is 0.341. The Morgan fingerprint density at radius 3 is 1.60 bits per heavy atom. The van der Waals surface area contributed by atoms with Crippen LogP contribution in [-0.4, -0.2) is 65.7 Å². The number of rotatable bonds is 17. The van der Waals surface area contributed by atoms with Crippen molar-refractivity contribution in [3.05, 3.63) is 109 Å². The highest BCUT2D eigenvalue weighted by Crippen LogP contribution is 2.42. The van der Waals surface area contributed by atoms with Crippen molar-refractivity contribution < 1.29 is 42.8 Å². The lowest BCUT2D eigenvalue weighted by molar-refractivity contribution is -0.140. The Morgan fingerprint density at radius 1 is 0.600 bits per heavy atom. The second kappa shape index (κ2) is 18.8. The van der Waals surface area contributed by atoms with Gasteiger partial charge in [-0.3, -0.25) is 0 Å². The minimum Gasteiger partial charge on any atom is -0.462 e. The summed E-state index contributed by atoms with van der Waals surface area (Å²) >= 11 is 0. The van der Waals surface area contributed by atoms with Crippen molar-refractivity contribution in [1.82, 2.24) is 0 Å². The first-order chi connectivity index (χ1) is 24.1. The van der Waals surface area contributed by atoms with Crippen LogP contribution in [0.5, 0.6) is 11.5 Å². The van der Waals surface area contributed by atoms with Crippen molar-refractivity contribution in [3.8, 4) is 33.8 Å². The molecule has 0 aromatic heterocycles. The number of esters is 3. The van der Waals surface area contributed by atoms with Crippen molar-refractivity contribution in [2.75, 3.05) is 47.8 Å². The Bertz CT molecular complexity index is 1660. The number of methoxy groups -OCH3 is 3. The lowest BCUT2D eigenvalue weighted by Gasteiger charge is -2.30. The largest absolute Gasteiger partial charge is 0.462 e. The highest BCUT2D eigenvalue weighted by Gasteiger charge is 2.26. The third-order valence-electron chi connectivity index (χ3n) is 8.70. The molecule has 1 fully saturated rings. The van der Waals surface area contributed by atoms with E-state index < -0.39 is 17.9 Å². The molecule has 0 saturated heterocycles. The van der Waals surface area contributed by atoms with E-state index in [0.717, 1.165) is 59.9 Å². The molecule has 9 heteroatoms. The van der Waals surface area contributed by atoms with E-state index in [0.29, 0.717) is 29.6 Å². The number of ether oxygens (including phenoxy) is 6. The Kier molecular flexibility index (Phi) is 14.3. The monoisotopic (exact) mass is 682 g/mol. The minimum absolute atomic E-state index is 0.0912. The topological polar surface area (TPSA) is 107 Å². The highest BCUT2D eigenvalue weighted by atomic mass is 16.5. The molecule has 3 aromatic rings. The van der Waals surface area contributed by atoms with Gasteiger partial charge in [-0.2, -0.15) is 0 Å². The summed E-state index contributed by atoms with van der Waals surface area (Å²) in [5.74, 6) is 0.100. The molecular weight excluding hydrogens is 636 g/mol. The number of hydrogen-bond acceptors (Lipinski definition) is 9. The van der Waals surface area contributed by atoms with E-state index >= 15 is 0 Å². The van der Waals surface area contributed by atoms with E-state index in [4.69, 9.17) is 28.4 Å². The molecule has 264 valence electrons. The van der Waals surface area contributed by atoms with Crippen LogP contribution in [0.4, 0.5) is 0 Å². The molecule has 4 rings (SSSR count). The van der Waals surface area contributed by atoms with Gasteiger partial charge in [-0.25, -0.2) is 14.4 Å². The molecular formula is C41H46O9. The van der Waals surface area contributed by atoms with E-state index in [-0.39, 0.29) is 36.9 Å². The van der Waals surface area contributed by atoms with Crippen LogP contribution in [0.15, 0.2) is 103 Å². The molecule has 0 N–H and O–H groups in total. The van der Waals surface area contributed by atoms with Gasteiger partial charge in [-0.15, -0.1) is 0 Å². The van der Waals surface area contributed by atoms with Crippen molar-refractivity contribution in [1.29, 1.82) is 0 Å². The molecule has 3 aromatic carbocycles. The van der Waals surface area contributed by atoms with Gasteiger partial charge in [0, 0.05) is 21.3 Å². The molecule has 1 aliphatic rings. The predicted molar refractivity (Wildman–Crippen MR) is 192 cm³/mol. The molecule has 0 radical (unpaired) electrons. The standard InChI is InChI=1S/C41H46O9/c1-27(24-45-4)39(42)48-22-21-30-7-9-34(10-8-30)38-23-36(50-41(44)29(3)26-47-6)19-20-37(38)33-13-11-31(12-14-33)32-15-17-35(18-16-32)49-40(43)28(2)25-46-5/h11-20,23,30,34H,1-3,7-10,21-22,24-26H2,4-6H3. The molecule has 0 aliphatic heterocycles. The highest BCUT2D eigenvalue weighted by molar-refractivity contribution is 5.90. The van der Waals surface area contributed by atoms with Crippen LogP contribution in [0.1, 0.15) is 43.6 Å². The Hall–Kier alpha value is -4.83. The van der Waals surface area contributed by atoms with E-state index in [1.807, 2.05) is 30.3 Å². The van der Waals surface area contributed by atoms with E-state index in [9.17, 15) is 14.4 Å². The van der Waals surface area contributed by atoms with E-state index in [1.165, 1.54) is 21.3 Å². The number of benzene rings is 3. The molecule has 0 bridgehead atoms. The first-order valence-electron chi connectivity index (χ1n) is 16.6. The van der Waals surface area contributed by atoms with Crippen molar-refractivity contribution in [2.45, 2.75) is 38.0 Å². The van der Waals surface area contributed by atoms with Crippen LogP contribution in [-0.2, 0) is 33.3 Å². The molecule has 1 aliphatic carbocycles. The zero-order valence-corrected chi connectivity index (χ0v) is 29.2. The van der Waals surface area contributed by atoms with Crippen molar-refractivity contribution in [3.63, 3.8) is 0 Å². The van der Waals surface area contributed by atoms with Gasteiger partial charge >= 0.3 is 17.9 Å². The average Bonchev–Trinajstić information content (AvgIpc) is 3.12.